The van der Waals surface area contributed by atoms with Crippen LogP contribution in [0.15, 0.2) is 0 Å². The molecule has 0 aliphatic carbocycles. The summed E-state index contributed by atoms with van der Waals surface area (Å²) in [7, 11) is 0. The Kier molecular flexibility index (Phi) is 4.71. The Morgan fingerprint density at radius 3 is 2.00 bits per heavy atom. The smallest absolute Gasteiger partial charge is 0.275 e. The largest absolute Gasteiger partial charge is 0.344 e. The van der Waals surface area contributed by atoms with Gasteiger partial charge in [0.2, 0.25) is 0 Å². The average Bonchev–Trinajstić information content (AvgIpc) is 1.59. The highest BCUT2D eigenvalue weighted by molar-refractivity contribution is 7.99. The van der Waals surface area contributed by atoms with Crippen molar-refractivity contribution >= 4 is 25.3 Å². The van der Waals surface area contributed by atoms with Gasteiger partial charge in [-0.05, 0) is 12.8 Å². The zero-order chi connectivity index (χ0) is 8.20. The Labute approximate surface area is 70.9 Å². The lowest BCUT2D eigenvalue weighted by Crippen LogP contribution is -2.26. The van der Waals surface area contributed by atoms with E-state index >= 15 is 0 Å². The first-order valence-electron chi connectivity index (χ1n) is 2.95. The van der Waals surface area contributed by atoms with Gasteiger partial charge in [-0.1, -0.05) is 0 Å². The highest BCUT2D eigenvalue weighted by atomic mass is 32.2. The molecule has 0 heterocycles. The maximum atomic E-state index is 8.39. The molecule has 0 aliphatic rings. The van der Waals surface area contributed by atoms with Crippen LogP contribution >= 0.6 is 25.3 Å². The van der Waals surface area contributed by atoms with Gasteiger partial charge in [-0.25, -0.2) is 0 Å². The van der Waals surface area contributed by atoms with Crippen molar-refractivity contribution in [2.45, 2.75) is 29.8 Å². The summed E-state index contributed by atoms with van der Waals surface area (Å²) >= 11 is 7.89. The average molecular weight is 184 g/mol. The first-order valence-corrected chi connectivity index (χ1v) is 3.98. The molecule has 0 amide bonds. The molecule has 0 atom stereocenters. The summed E-state index contributed by atoms with van der Waals surface area (Å²) in [4.78, 5) is 0. The second-order valence-corrected chi connectivity index (χ2v) is 3.80. The topological polar surface area (TPSA) is 60.7 Å². The lowest BCUT2D eigenvalue weighted by molar-refractivity contribution is -0.314. The highest BCUT2D eigenvalue weighted by Crippen LogP contribution is 2.13. The van der Waals surface area contributed by atoms with Gasteiger partial charge in [-0.15, -0.1) is 0 Å². The van der Waals surface area contributed by atoms with Gasteiger partial charge in [0.15, 0.2) is 0 Å². The van der Waals surface area contributed by atoms with Gasteiger partial charge in [-0.2, -0.15) is 25.3 Å². The maximum absolute atomic E-state index is 8.39. The summed E-state index contributed by atoms with van der Waals surface area (Å²) < 4.78 is -0.0673. The Hall–Kier alpha value is 0.580. The van der Waals surface area contributed by atoms with Gasteiger partial charge in [0, 0.05) is 11.0 Å². The van der Waals surface area contributed by atoms with Crippen LogP contribution in [0.2, 0.25) is 0 Å². The number of hydrogen-bond acceptors (Lipinski definition) is 5. The quantitative estimate of drug-likeness (QED) is 0.315. The van der Waals surface area contributed by atoms with Crippen molar-refractivity contribution in [3.05, 3.63) is 0 Å². The molecule has 0 saturated carbocycles. The van der Waals surface area contributed by atoms with E-state index < -0.39 is 5.97 Å². The van der Waals surface area contributed by atoms with E-state index in [2.05, 4.69) is 25.3 Å². The Morgan fingerprint density at radius 2 is 1.70 bits per heavy atom. The minimum Gasteiger partial charge on any atom is -0.344 e. The summed E-state index contributed by atoms with van der Waals surface area (Å²) in [6, 6.07) is 0. The molecule has 5 heteroatoms. The zero-order valence-corrected chi connectivity index (χ0v) is 7.22. The number of hydrogen-bond donors (Lipinski definition) is 5. The molecule has 0 radical (unpaired) electrons. The van der Waals surface area contributed by atoms with Crippen LogP contribution in [0.3, 0.4) is 0 Å². The molecule has 0 saturated heterocycles. The number of thiol groups is 2. The summed E-state index contributed by atoms with van der Waals surface area (Å²) in [6.07, 6.45) is 1.06. The van der Waals surface area contributed by atoms with Crippen molar-refractivity contribution in [2.24, 2.45) is 0 Å². The molecule has 62 valence electrons. The molecule has 0 spiro atoms. The lowest BCUT2D eigenvalue weighted by atomic mass is 10.2. The second kappa shape index (κ2) is 4.46. The standard InChI is InChI=1S/C5H12O3S2/c6-5(7,8)3-1-2-4(9)10/h4,6-10H,1-3H2. The fourth-order valence-electron chi connectivity index (χ4n) is 0.522. The van der Waals surface area contributed by atoms with Gasteiger partial charge in [0.25, 0.3) is 5.97 Å². The first-order chi connectivity index (χ1) is 4.42. The van der Waals surface area contributed by atoms with Gasteiger partial charge in [0.1, 0.15) is 0 Å². The van der Waals surface area contributed by atoms with Crippen LogP contribution in [0.25, 0.3) is 0 Å². The van der Waals surface area contributed by atoms with Gasteiger partial charge >= 0.3 is 0 Å². The molecule has 0 aromatic rings. The predicted molar refractivity (Wildman–Crippen MR) is 45.0 cm³/mol. The van der Waals surface area contributed by atoms with E-state index in [-0.39, 0.29) is 11.0 Å². The molecule has 0 bridgehead atoms. The van der Waals surface area contributed by atoms with Crippen molar-refractivity contribution in [3.63, 3.8) is 0 Å². The lowest BCUT2D eigenvalue weighted by Gasteiger charge is -2.13. The monoisotopic (exact) mass is 184 g/mol. The molecule has 0 rings (SSSR count). The molecule has 0 aromatic carbocycles. The van der Waals surface area contributed by atoms with Crippen LogP contribution < -0.4 is 0 Å². The Morgan fingerprint density at radius 1 is 1.20 bits per heavy atom. The van der Waals surface area contributed by atoms with Gasteiger partial charge in [-0.3, -0.25) is 0 Å². The minimum atomic E-state index is -2.53. The van der Waals surface area contributed by atoms with E-state index in [0.717, 1.165) is 0 Å². The van der Waals surface area contributed by atoms with E-state index in [9.17, 15) is 0 Å². The fraction of sp³-hybridized carbons (Fsp3) is 1.00. The molecular weight excluding hydrogens is 172 g/mol. The summed E-state index contributed by atoms with van der Waals surface area (Å²) in [6.45, 7) is 0. The van der Waals surface area contributed by atoms with E-state index in [1.807, 2.05) is 0 Å². The highest BCUT2D eigenvalue weighted by Gasteiger charge is 2.16. The minimum absolute atomic E-state index is 0.0649. The molecule has 0 unspecified atom stereocenters. The van der Waals surface area contributed by atoms with E-state index in [1.54, 1.807) is 0 Å². The van der Waals surface area contributed by atoms with E-state index in [4.69, 9.17) is 15.3 Å². The molecular formula is C5H12O3S2. The van der Waals surface area contributed by atoms with Crippen molar-refractivity contribution < 1.29 is 15.3 Å². The molecule has 10 heavy (non-hydrogen) atoms. The molecule has 0 fully saturated rings. The van der Waals surface area contributed by atoms with Crippen LogP contribution in [0.4, 0.5) is 0 Å². The number of aliphatic hydroxyl groups is 3. The second-order valence-electron chi connectivity index (χ2n) is 2.15. The summed E-state index contributed by atoms with van der Waals surface area (Å²) in [5.41, 5.74) is 0. The SMILES string of the molecule is OC(O)(O)CCCC(S)S. The van der Waals surface area contributed by atoms with Crippen LogP contribution in [0.1, 0.15) is 19.3 Å². The zero-order valence-electron chi connectivity index (χ0n) is 5.43. The molecule has 0 aromatic heterocycles. The number of rotatable bonds is 4. The first kappa shape index (κ1) is 10.6. The third-order valence-electron chi connectivity index (χ3n) is 0.975. The Balaban J connectivity index is 3.21. The van der Waals surface area contributed by atoms with Crippen molar-refractivity contribution in [3.8, 4) is 0 Å². The van der Waals surface area contributed by atoms with Crippen LogP contribution in [-0.4, -0.2) is 25.9 Å². The van der Waals surface area contributed by atoms with E-state index in [1.165, 1.54) is 0 Å². The third kappa shape index (κ3) is 8.58. The normalized spacial score (nSPS) is 12.6. The Bertz CT molecular complexity index is 89.4. The summed E-state index contributed by atoms with van der Waals surface area (Å²) in [5.74, 6) is -2.53. The molecule has 3 N–H and O–H groups in total. The maximum Gasteiger partial charge on any atom is 0.275 e. The van der Waals surface area contributed by atoms with Gasteiger partial charge < -0.3 is 15.3 Å². The van der Waals surface area contributed by atoms with Crippen LogP contribution in [0, 0.1) is 0 Å². The van der Waals surface area contributed by atoms with E-state index in [0.29, 0.717) is 12.8 Å². The van der Waals surface area contributed by atoms with Crippen molar-refractivity contribution in [1.29, 1.82) is 0 Å². The molecule has 3 nitrogen and oxygen atoms in total. The van der Waals surface area contributed by atoms with Crippen molar-refractivity contribution in [1.82, 2.24) is 0 Å². The van der Waals surface area contributed by atoms with Crippen LogP contribution in [0.5, 0.6) is 0 Å². The summed E-state index contributed by atoms with van der Waals surface area (Å²) in [5, 5.41) is 25.2. The van der Waals surface area contributed by atoms with Crippen molar-refractivity contribution in [2.75, 3.05) is 0 Å². The molecule has 0 aliphatic heterocycles. The van der Waals surface area contributed by atoms with Gasteiger partial charge in [0.05, 0.1) is 0 Å². The third-order valence-corrected chi connectivity index (χ3v) is 1.49. The van der Waals surface area contributed by atoms with Crippen LogP contribution in [-0.2, 0) is 0 Å². The predicted octanol–water partition coefficient (Wildman–Crippen LogP) is -0.0269. The fourth-order valence-corrected chi connectivity index (χ4v) is 0.887.